The van der Waals surface area contributed by atoms with E-state index in [0.29, 0.717) is 18.7 Å². The van der Waals surface area contributed by atoms with Gasteiger partial charge in [-0.05, 0) is 57.3 Å². The Bertz CT molecular complexity index is 717. The quantitative estimate of drug-likeness (QED) is 0.902. The highest BCUT2D eigenvalue weighted by atomic mass is 16.3. The number of β-amino-alcohol motifs (C(OH)–C–C–N with tert-alkyl or cyclic N) is 1. The van der Waals surface area contributed by atoms with Gasteiger partial charge in [-0.15, -0.1) is 0 Å². The summed E-state index contributed by atoms with van der Waals surface area (Å²) < 4.78 is 0. The molecule has 0 bridgehead atoms. The summed E-state index contributed by atoms with van der Waals surface area (Å²) in [7, 11) is 0. The van der Waals surface area contributed by atoms with Crippen LogP contribution in [0.3, 0.4) is 0 Å². The lowest BCUT2D eigenvalue weighted by Gasteiger charge is -2.31. The third-order valence-corrected chi connectivity index (χ3v) is 5.68. The molecule has 1 aromatic heterocycles. The van der Waals surface area contributed by atoms with Gasteiger partial charge in [0, 0.05) is 30.5 Å². The Morgan fingerprint density at radius 3 is 2.68 bits per heavy atom. The molecule has 0 saturated carbocycles. The number of para-hydroxylation sites is 1. The number of likely N-dealkylation sites (tertiary alicyclic amines) is 2. The third kappa shape index (κ3) is 3.58. The van der Waals surface area contributed by atoms with E-state index in [4.69, 9.17) is 0 Å². The molecule has 0 aliphatic carbocycles. The molecule has 3 heterocycles. The molecule has 5 nitrogen and oxygen atoms in total. The number of carbonyl (C=O) groups excluding carboxylic acids is 1. The van der Waals surface area contributed by atoms with Crippen LogP contribution in [0.5, 0.6) is 0 Å². The average Bonchev–Trinajstić information content (AvgIpc) is 3.22. The molecule has 0 radical (unpaired) electrons. The van der Waals surface area contributed by atoms with Gasteiger partial charge in [0.25, 0.3) is 5.91 Å². The molecule has 134 valence electrons. The van der Waals surface area contributed by atoms with Gasteiger partial charge in [0.2, 0.25) is 0 Å². The van der Waals surface area contributed by atoms with Crippen LogP contribution < -0.4 is 0 Å². The number of aromatic nitrogens is 1. The Hall–Kier alpha value is -1.85. The van der Waals surface area contributed by atoms with Gasteiger partial charge in [-0.25, -0.2) is 0 Å². The topological polar surface area (TPSA) is 59.6 Å². The molecule has 1 unspecified atom stereocenters. The first-order chi connectivity index (χ1) is 12.1. The predicted octanol–water partition coefficient (Wildman–Crippen LogP) is 2.62. The molecule has 25 heavy (non-hydrogen) atoms. The molecule has 2 aromatic rings. The highest BCUT2D eigenvalue weighted by molar-refractivity contribution is 5.98. The molecule has 2 N–H and O–H groups in total. The summed E-state index contributed by atoms with van der Waals surface area (Å²) in [6.07, 6.45) is 4.77. The van der Waals surface area contributed by atoms with Gasteiger partial charge >= 0.3 is 0 Å². The molecule has 1 amide bonds. The first kappa shape index (κ1) is 16.6. The minimum Gasteiger partial charge on any atom is -0.388 e. The van der Waals surface area contributed by atoms with E-state index >= 15 is 0 Å². The molecular formula is C20H27N3O2. The van der Waals surface area contributed by atoms with Gasteiger partial charge in [0.15, 0.2) is 0 Å². The molecule has 1 atom stereocenters. The van der Waals surface area contributed by atoms with Crippen molar-refractivity contribution in [1.29, 1.82) is 0 Å². The molecule has 2 aliphatic heterocycles. The van der Waals surface area contributed by atoms with E-state index in [1.54, 1.807) is 0 Å². The standard InChI is InChI=1S/C20H27N3O2/c24-19(18-14-16-6-1-2-7-17(16)21-18)23-12-5-8-20(25,9-13-23)15-22-10-3-4-11-22/h1-2,6-7,14,21,25H,3-5,8-13,15H2. The van der Waals surface area contributed by atoms with Crippen molar-refractivity contribution >= 4 is 16.8 Å². The zero-order chi connectivity index (χ0) is 17.3. The van der Waals surface area contributed by atoms with Crippen molar-refractivity contribution < 1.29 is 9.90 Å². The number of benzene rings is 1. The fourth-order valence-electron chi connectivity index (χ4n) is 4.26. The largest absolute Gasteiger partial charge is 0.388 e. The molecule has 1 aromatic carbocycles. The van der Waals surface area contributed by atoms with Crippen molar-refractivity contribution in [3.05, 3.63) is 36.0 Å². The maximum Gasteiger partial charge on any atom is 0.270 e. The Morgan fingerprint density at radius 2 is 1.88 bits per heavy atom. The molecule has 2 aliphatic rings. The van der Waals surface area contributed by atoms with E-state index in [9.17, 15) is 9.90 Å². The van der Waals surface area contributed by atoms with Crippen LogP contribution >= 0.6 is 0 Å². The minimum absolute atomic E-state index is 0.0432. The van der Waals surface area contributed by atoms with Crippen molar-refractivity contribution in [3.8, 4) is 0 Å². The first-order valence-corrected chi connectivity index (χ1v) is 9.45. The van der Waals surface area contributed by atoms with Crippen LogP contribution in [0.2, 0.25) is 0 Å². The van der Waals surface area contributed by atoms with E-state index < -0.39 is 5.60 Å². The van der Waals surface area contributed by atoms with E-state index in [0.717, 1.165) is 49.9 Å². The van der Waals surface area contributed by atoms with Crippen LogP contribution in [0.25, 0.3) is 10.9 Å². The maximum absolute atomic E-state index is 12.9. The maximum atomic E-state index is 12.9. The number of fused-ring (bicyclic) bond motifs is 1. The number of amides is 1. The smallest absolute Gasteiger partial charge is 0.270 e. The fraction of sp³-hybridized carbons (Fsp3) is 0.550. The molecule has 0 spiro atoms. The zero-order valence-electron chi connectivity index (χ0n) is 14.7. The monoisotopic (exact) mass is 341 g/mol. The number of hydrogen-bond donors (Lipinski definition) is 2. The van der Waals surface area contributed by atoms with E-state index in [1.807, 2.05) is 35.2 Å². The SMILES string of the molecule is O=C(c1cc2ccccc2[nH]1)N1CCCC(O)(CN2CCCC2)CC1. The van der Waals surface area contributed by atoms with E-state index in [-0.39, 0.29) is 5.91 Å². The summed E-state index contributed by atoms with van der Waals surface area (Å²) in [5.74, 6) is 0.0432. The van der Waals surface area contributed by atoms with Gasteiger partial charge in [0.1, 0.15) is 5.69 Å². The lowest BCUT2D eigenvalue weighted by Crippen LogP contribution is -2.43. The summed E-state index contributed by atoms with van der Waals surface area (Å²) in [4.78, 5) is 20.4. The summed E-state index contributed by atoms with van der Waals surface area (Å²) in [5, 5.41) is 12.1. The van der Waals surface area contributed by atoms with Crippen LogP contribution in [-0.2, 0) is 0 Å². The van der Waals surface area contributed by atoms with E-state index in [1.165, 1.54) is 12.8 Å². The minimum atomic E-state index is -0.653. The van der Waals surface area contributed by atoms with Crippen molar-refractivity contribution in [3.63, 3.8) is 0 Å². The number of rotatable bonds is 3. The molecule has 5 heteroatoms. The zero-order valence-corrected chi connectivity index (χ0v) is 14.7. The highest BCUT2D eigenvalue weighted by Gasteiger charge is 2.34. The lowest BCUT2D eigenvalue weighted by atomic mass is 9.94. The van der Waals surface area contributed by atoms with Gasteiger partial charge in [-0.2, -0.15) is 0 Å². The summed E-state index contributed by atoms with van der Waals surface area (Å²) in [6.45, 7) is 4.29. The van der Waals surface area contributed by atoms with Gasteiger partial charge in [0.05, 0.1) is 5.60 Å². The molecule has 2 saturated heterocycles. The van der Waals surface area contributed by atoms with Crippen LogP contribution in [0.15, 0.2) is 30.3 Å². The number of aromatic amines is 1. The Morgan fingerprint density at radius 1 is 1.08 bits per heavy atom. The van der Waals surface area contributed by atoms with Crippen molar-refractivity contribution in [2.45, 2.75) is 37.7 Å². The second-order valence-electron chi connectivity index (χ2n) is 7.62. The van der Waals surface area contributed by atoms with Crippen LogP contribution in [0.1, 0.15) is 42.6 Å². The second kappa shape index (κ2) is 6.81. The molecule has 2 fully saturated rings. The van der Waals surface area contributed by atoms with Gasteiger partial charge in [-0.3, -0.25) is 4.79 Å². The van der Waals surface area contributed by atoms with Gasteiger partial charge < -0.3 is 19.9 Å². The number of aliphatic hydroxyl groups is 1. The first-order valence-electron chi connectivity index (χ1n) is 9.45. The van der Waals surface area contributed by atoms with Crippen molar-refractivity contribution in [1.82, 2.24) is 14.8 Å². The molecule has 4 rings (SSSR count). The summed E-state index contributed by atoms with van der Waals surface area (Å²) in [5.41, 5.74) is 0.984. The predicted molar refractivity (Wildman–Crippen MR) is 98.7 cm³/mol. The third-order valence-electron chi connectivity index (χ3n) is 5.68. The number of carbonyl (C=O) groups is 1. The molecular weight excluding hydrogens is 314 g/mol. The summed E-state index contributed by atoms with van der Waals surface area (Å²) >= 11 is 0. The Labute approximate surface area is 148 Å². The number of hydrogen-bond acceptors (Lipinski definition) is 3. The Kier molecular flexibility index (Phi) is 4.52. The van der Waals surface area contributed by atoms with Crippen LogP contribution in [0, 0.1) is 0 Å². The van der Waals surface area contributed by atoms with Crippen molar-refractivity contribution in [2.75, 3.05) is 32.7 Å². The van der Waals surface area contributed by atoms with Crippen LogP contribution in [0.4, 0.5) is 0 Å². The number of nitrogens with zero attached hydrogens (tertiary/aromatic N) is 2. The van der Waals surface area contributed by atoms with E-state index in [2.05, 4.69) is 9.88 Å². The summed E-state index contributed by atoms with van der Waals surface area (Å²) in [6, 6.07) is 9.88. The number of nitrogens with one attached hydrogen (secondary N) is 1. The fourth-order valence-corrected chi connectivity index (χ4v) is 4.26. The highest BCUT2D eigenvalue weighted by Crippen LogP contribution is 2.26. The average molecular weight is 341 g/mol. The number of H-pyrrole nitrogens is 1. The van der Waals surface area contributed by atoms with Crippen molar-refractivity contribution in [2.24, 2.45) is 0 Å². The van der Waals surface area contributed by atoms with Gasteiger partial charge in [-0.1, -0.05) is 18.2 Å². The second-order valence-corrected chi connectivity index (χ2v) is 7.62. The van der Waals surface area contributed by atoms with Crippen LogP contribution in [-0.4, -0.2) is 64.1 Å². The Balaban J connectivity index is 1.43. The normalized spacial score (nSPS) is 25.4. The lowest BCUT2D eigenvalue weighted by molar-refractivity contribution is -0.00291.